The van der Waals surface area contributed by atoms with Gasteiger partial charge in [0.1, 0.15) is 11.6 Å². The molecule has 0 bridgehead atoms. The van der Waals surface area contributed by atoms with Crippen LogP contribution in [0.3, 0.4) is 0 Å². The van der Waals surface area contributed by atoms with Crippen LogP contribution in [0, 0.1) is 0 Å². The average Bonchev–Trinajstić information content (AvgIpc) is 2.50. The van der Waals surface area contributed by atoms with E-state index < -0.39 is 5.54 Å². The molecule has 2 fully saturated rings. The van der Waals surface area contributed by atoms with Crippen LogP contribution in [0.5, 0.6) is 0 Å². The lowest BCUT2D eigenvalue weighted by Crippen LogP contribution is -2.69. The van der Waals surface area contributed by atoms with Crippen molar-refractivity contribution in [3.05, 3.63) is 0 Å². The predicted octanol–water partition coefficient (Wildman–Crippen LogP) is 1.85. The van der Waals surface area contributed by atoms with Crippen LogP contribution in [0.2, 0.25) is 0 Å². The van der Waals surface area contributed by atoms with Crippen molar-refractivity contribution in [2.24, 2.45) is 0 Å². The van der Waals surface area contributed by atoms with Crippen LogP contribution >= 0.6 is 0 Å². The van der Waals surface area contributed by atoms with Crippen molar-refractivity contribution in [3.63, 3.8) is 0 Å². The first-order chi connectivity index (χ1) is 10.0. The Kier molecular flexibility index (Phi) is 5.25. The highest BCUT2D eigenvalue weighted by Gasteiger charge is 2.46. The van der Waals surface area contributed by atoms with Gasteiger partial charge in [0.05, 0.1) is 6.10 Å². The van der Waals surface area contributed by atoms with Gasteiger partial charge in [-0.15, -0.1) is 0 Å². The first-order valence-electron chi connectivity index (χ1n) is 8.26. The summed E-state index contributed by atoms with van der Waals surface area (Å²) in [6.45, 7) is 7.15. The van der Waals surface area contributed by atoms with Gasteiger partial charge in [0.15, 0.2) is 0 Å². The second-order valence-corrected chi connectivity index (χ2v) is 6.37. The maximum Gasteiger partial charge on any atom is 0.248 e. The Morgan fingerprint density at radius 2 is 2.10 bits per heavy atom. The molecule has 2 saturated heterocycles. The quantitative estimate of drug-likeness (QED) is 0.842. The third kappa shape index (κ3) is 3.39. The van der Waals surface area contributed by atoms with E-state index in [0.717, 1.165) is 25.9 Å². The highest BCUT2D eigenvalue weighted by molar-refractivity contribution is 5.99. The Labute approximate surface area is 127 Å². The van der Waals surface area contributed by atoms with Crippen molar-refractivity contribution in [2.75, 3.05) is 13.2 Å². The maximum absolute atomic E-state index is 12.7. The summed E-state index contributed by atoms with van der Waals surface area (Å²) in [5.74, 6) is 0.0262. The number of ether oxygens (including phenoxy) is 1. The molecule has 0 saturated carbocycles. The highest BCUT2D eigenvalue weighted by Crippen LogP contribution is 2.24. The van der Waals surface area contributed by atoms with E-state index in [1.807, 2.05) is 20.8 Å². The topological polar surface area (TPSA) is 58.6 Å². The Bertz CT molecular complexity index is 393. The van der Waals surface area contributed by atoms with E-state index in [-0.39, 0.29) is 24.0 Å². The normalized spacial score (nSPS) is 34.0. The van der Waals surface area contributed by atoms with Gasteiger partial charge in [-0.05, 0) is 45.4 Å². The van der Waals surface area contributed by atoms with Crippen molar-refractivity contribution in [1.29, 1.82) is 0 Å². The number of nitrogens with one attached hydrogen (secondary N) is 1. The van der Waals surface area contributed by atoms with Gasteiger partial charge in [0.25, 0.3) is 0 Å². The molecule has 5 heteroatoms. The third-order valence-electron chi connectivity index (χ3n) is 4.87. The molecule has 2 aliphatic rings. The van der Waals surface area contributed by atoms with Crippen LogP contribution in [0.15, 0.2) is 0 Å². The fraction of sp³-hybridized carbons (Fsp3) is 0.875. The first kappa shape index (κ1) is 16.3. The molecule has 0 aromatic heterocycles. The Morgan fingerprint density at radius 1 is 1.33 bits per heavy atom. The molecule has 1 N–H and O–H groups in total. The van der Waals surface area contributed by atoms with Gasteiger partial charge in [0, 0.05) is 13.2 Å². The summed E-state index contributed by atoms with van der Waals surface area (Å²) >= 11 is 0. The number of carbonyl (C=O) groups is 2. The van der Waals surface area contributed by atoms with Gasteiger partial charge in [0.2, 0.25) is 11.8 Å². The summed E-state index contributed by atoms with van der Waals surface area (Å²) in [7, 11) is 0. The number of hydrogen-bond donors (Lipinski definition) is 1. The lowest BCUT2D eigenvalue weighted by molar-refractivity contribution is -0.155. The van der Waals surface area contributed by atoms with Crippen molar-refractivity contribution >= 4 is 11.8 Å². The minimum Gasteiger partial charge on any atom is -0.378 e. The summed E-state index contributed by atoms with van der Waals surface area (Å²) in [5.41, 5.74) is -0.754. The number of rotatable bonds is 5. The van der Waals surface area contributed by atoms with E-state index in [1.54, 1.807) is 4.90 Å². The summed E-state index contributed by atoms with van der Waals surface area (Å²) in [5, 5.41) is 2.90. The molecule has 3 atom stereocenters. The zero-order valence-electron chi connectivity index (χ0n) is 13.5. The summed E-state index contributed by atoms with van der Waals surface area (Å²) in [6, 6.07) is -0.333. The van der Waals surface area contributed by atoms with E-state index in [2.05, 4.69) is 5.32 Å². The lowest BCUT2D eigenvalue weighted by atomic mass is 9.90. The zero-order valence-corrected chi connectivity index (χ0v) is 13.5. The van der Waals surface area contributed by atoms with E-state index in [0.29, 0.717) is 19.4 Å². The standard InChI is InChI=1S/C16H28N2O3/c1-4-13-14(19)17-16(3,5-2)15(20)18(13)10-9-12-8-6-7-11-21-12/h12-13H,4-11H2,1-3H3,(H,17,19). The monoisotopic (exact) mass is 296 g/mol. The molecule has 0 aromatic carbocycles. The highest BCUT2D eigenvalue weighted by atomic mass is 16.5. The van der Waals surface area contributed by atoms with Gasteiger partial charge < -0.3 is 15.0 Å². The van der Waals surface area contributed by atoms with Crippen LogP contribution in [0.4, 0.5) is 0 Å². The smallest absolute Gasteiger partial charge is 0.248 e. The van der Waals surface area contributed by atoms with Gasteiger partial charge in [-0.2, -0.15) is 0 Å². The molecule has 5 nitrogen and oxygen atoms in total. The zero-order chi connectivity index (χ0) is 15.5. The summed E-state index contributed by atoms with van der Waals surface area (Å²) in [6.07, 6.45) is 5.73. The van der Waals surface area contributed by atoms with E-state index >= 15 is 0 Å². The van der Waals surface area contributed by atoms with Crippen LogP contribution in [0.25, 0.3) is 0 Å². The lowest BCUT2D eigenvalue weighted by Gasteiger charge is -2.44. The van der Waals surface area contributed by atoms with Gasteiger partial charge in [-0.1, -0.05) is 13.8 Å². The van der Waals surface area contributed by atoms with Crippen molar-refractivity contribution in [1.82, 2.24) is 10.2 Å². The molecular weight excluding hydrogens is 268 g/mol. The molecule has 21 heavy (non-hydrogen) atoms. The number of hydrogen-bond acceptors (Lipinski definition) is 3. The van der Waals surface area contributed by atoms with Crippen molar-refractivity contribution in [2.45, 2.75) is 77.0 Å². The van der Waals surface area contributed by atoms with Crippen molar-refractivity contribution in [3.8, 4) is 0 Å². The van der Waals surface area contributed by atoms with Crippen LogP contribution in [-0.4, -0.2) is 47.6 Å². The largest absolute Gasteiger partial charge is 0.378 e. The second kappa shape index (κ2) is 6.77. The molecular formula is C16H28N2O3. The molecule has 2 aliphatic heterocycles. The number of piperazine rings is 1. The Hall–Kier alpha value is -1.10. The first-order valence-corrected chi connectivity index (χ1v) is 8.26. The van der Waals surface area contributed by atoms with Crippen LogP contribution in [-0.2, 0) is 14.3 Å². The Morgan fingerprint density at radius 3 is 2.67 bits per heavy atom. The van der Waals surface area contributed by atoms with E-state index in [9.17, 15) is 9.59 Å². The van der Waals surface area contributed by atoms with E-state index in [4.69, 9.17) is 4.74 Å². The maximum atomic E-state index is 12.7. The molecule has 0 aromatic rings. The fourth-order valence-corrected chi connectivity index (χ4v) is 3.23. The van der Waals surface area contributed by atoms with E-state index in [1.165, 1.54) is 6.42 Å². The Balaban J connectivity index is 2.04. The number of amides is 2. The predicted molar refractivity (Wildman–Crippen MR) is 80.8 cm³/mol. The molecule has 3 unspecified atom stereocenters. The summed E-state index contributed by atoms with van der Waals surface area (Å²) < 4.78 is 5.74. The second-order valence-electron chi connectivity index (χ2n) is 6.37. The van der Waals surface area contributed by atoms with Crippen molar-refractivity contribution < 1.29 is 14.3 Å². The SMILES string of the molecule is CCC1C(=O)NC(C)(CC)C(=O)N1CCC1CCCCO1. The molecule has 2 heterocycles. The number of nitrogens with zero attached hydrogens (tertiary/aromatic N) is 1. The molecule has 0 spiro atoms. The molecule has 0 aliphatic carbocycles. The molecule has 2 rings (SSSR count). The average molecular weight is 296 g/mol. The minimum atomic E-state index is -0.754. The van der Waals surface area contributed by atoms with Gasteiger partial charge >= 0.3 is 0 Å². The number of carbonyl (C=O) groups excluding carboxylic acids is 2. The molecule has 2 amide bonds. The minimum absolute atomic E-state index is 0.0222. The van der Waals surface area contributed by atoms with Crippen LogP contribution in [0.1, 0.15) is 59.3 Å². The van der Waals surface area contributed by atoms with Gasteiger partial charge in [-0.3, -0.25) is 9.59 Å². The van der Waals surface area contributed by atoms with Gasteiger partial charge in [-0.25, -0.2) is 0 Å². The summed E-state index contributed by atoms with van der Waals surface area (Å²) in [4.78, 5) is 26.8. The molecule has 120 valence electrons. The fourth-order valence-electron chi connectivity index (χ4n) is 3.23. The molecule has 0 radical (unpaired) electrons. The van der Waals surface area contributed by atoms with Crippen LogP contribution < -0.4 is 5.32 Å². The third-order valence-corrected chi connectivity index (χ3v) is 4.87.